The smallest absolute Gasteiger partial charge is 0.323 e. The van der Waals surface area contributed by atoms with Crippen molar-refractivity contribution in [3.05, 3.63) is 0 Å². The Balaban J connectivity index is 2.30. The average molecular weight is 284 g/mol. The molecular formula is C16H32N2O2. The first-order chi connectivity index (χ1) is 9.33. The lowest BCUT2D eigenvalue weighted by molar-refractivity contribution is -0.144. The average Bonchev–Trinajstić information content (AvgIpc) is 2.80. The van der Waals surface area contributed by atoms with Crippen LogP contribution in [0.5, 0.6) is 0 Å². The Bertz CT molecular complexity index is 301. The molecule has 0 radical (unpaired) electrons. The summed E-state index contributed by atoms with van der Waals surface area (Å²) in [6.45, 7) is 7.94. The van der Waals surface area contributed by atoms with E-state index in [-0.39, 0.29) is 6.04 Å². The third-order valence-electron chi connectivity index (χ3n) is 4.34. The Morgan fingerprint density at radius 1 is 1.40 bits per heavy atom. The molecule has 0 bridgehead atoms. The molecule has 0 aliphatic heterocycles. The van der Waals surface area contributed by atoms with Gasteiger partial charge in [-0.3, -0.25) is 10.1 Å². The van der Waals surface area contributed by atoms with Crippen LogP contribution in [-0.2, 0) is 4.79 Å². The minimum Gasteiger partial charge on any atom is -0.480 e. The highest BCUT2D eigenvalue weighted by molar-refractivity contribution is 5.78. The Morgan fingerprint density at radius 3 is 2.50 bits per heavy atom. The minimum absolute atomic E-state index is 0.187. The van der Waals surface area contributed by atoms with Gasteiger partial charge in [-0.05, 0) is 66.0 Å². The highest BCUT2D eigenvalue weighted by atomic mass is 16.4. The monoisotopic (exact) mass is 284 g/mol. The SMILES string of the molecule is CC(C)NC(C)(CCCN(C)CC1CCCC1)C(=O)O. The van der Waals surface area contributed by atoms with Crippen LogP contribution in [0.15, 0.2) is 0 Å². The molecule has 0 heterocycles. The molecule has 0 aromatic rings. The molecule has 0 amide bonds. The predicted octanol–water partition coefficient (Wildman–Crippen LogP) is 2.73. The van der Waals surface area contributed by atoms with Crippen molar-refractivity contribution in [2.75, 3.05) is 20.1 Å². The molecule has 1 aliphatic rings. The lowest BCUT2D eigenvalue weighted by Crippen LogP contribution is -2.52. The molecule has 0 spiro atoms. The molecule has 4 heteroatoms. The van der Waals surface area contributed by atoms with Crippen LogP contribution in [0.3, 0.4) is 0 Å². The van der Waals surface area contributed by atoms with Crippen LogP contribution in [0.4, 0.5) is 0 Å². The van der Waals surface area contributed by atoms with E-state index >= 15 is 0 Å². The minimum atomic E-state index is -0.803. The van der Waals surface area contributed by atoms with Gasteiger partial charge in [0.15, 0.2) is 0 Å². The Labute approximate surface area is 123 Å². The van der Waals surface area contributed by atoms with Gasteiger partial charge in [0.25, 0.3) is 0 Å². The van der Waals surface area contributed by atoms with Gasteiger partial charge in [-0.1, -0.05) is 12.8 Å². The Kier molecular flexibility index (Phi) is 6.96. The molecule has 4 nitrogen and oxygen atoms in total. The molecule has 1 fully saturated rings. The first-order valence-electron chi connectivity index (χ1n) is 8.03. The van der Waals surface area contributed by atoms with Crippen LogP contribution in [0.1, 0.15) is 59.3 Å². The van der Waals surface area contributed by atoms with Gasteiger partial charge in [-0.2, -0.15) is 0 Å². The number of rotatable bonds is 9. The number of hydrogen-bond donors (Lipinski definition) is 2. The molecule has 1 unspecified atom stereocenters. The fourth-order valence-corrected chi connectivity index (χ4v) is 3.31. The topological polar surface area (TPSA) is 52.6 Å². The number of aliphatic carboxylic acids is 1. The first-order valence-corrected chi connectivity index (χ1v) is 8.03. The van der Waals surface area contributed by atoms with Crippen LogP contribution in [0.2, 0.25) is 0 Å². The van der Waals surface area contributed by atoms with Crippen molar-refractivity contribution in [3.8, 4) is 0 Å². The zero-order chi connectivity index (χ0) is 15.2. The lowest BCUT2D eigenvalue weighted by Gasteiger charge is -2.29. The Morgan fingerprint density at radius 2 is 2.00 bits per heavy atom. The third kappa shape index (κ3) is 5.80. The zero-order valence-electron chi connectivity index (χ0n) is 13.6. The van der Waals surface area contributed by atoms with Gasteiger partial charge in [0.05, 0.1) is 0 Å². The van der Waals surface area contributed by atoms with Crippen molar-refractivity contribution in [1.29, 1.82) is 0 Å². The number of hydrogen-bond acceptors (Lipinski definition) is 3. The molecule has 0 aromatic carbocycles. The summed E-state index contributed by atoms with van der Waals surface area (Å²) in [6.07, 6.45) is 7.10. The summed E-state index contributed by atoms with van der Waals surface area (Å²) in [6, 6.07) is 0.187. The van der Waals surface area contributed by atoms with E-state index < -0.39 is 11.5 Å². The van der Waals surface area contributed by atoms with Crippen molar-refractivity contribution in [2.45, 2.75) is 70.9 Å². The number of nitrogens with one attached hydrogen (secondary N) is 1. The van der Waals surface area contributed by atoms with E-state index in [1.165, 1.54) is 32.2 Å². The summed E-state index contributed by atoms with van der Waals surface area (Å²) in [7, 11) is 2.16. The van der Waals surface area contributed by atoms with Crippen LogP contribution in [0, 0.1) is 5.92 Å². The molecule has 2 N–H and O–H groups in total. The summed E-state index contributed by atoms with van der Waals surface area (Å²) >= 11 is 0. The number of nitrogens with zero attached hydrogens (tertiary/aromatic N) is 1. The van der Waals surface area contributed by atoms with Gasteiger partial charge >= 0.3 is 5.97 Å². The second-order valence-electron chi connectivity index (χ2n) is 6.95. The van der Waals surface area contributed by atoms with Gasteiger partial charge in [0.2, 0.25) is 0 Å². The lowest BCUT2D eigenvalue weighted by atomic mass is 9.94. The summed E-state index contributed by atoms with van der Waals surface area (Å²) in [5.41, 5.74) is -0.803. The maximum Gasteiger partial charge on any atom is 0.323 e. The van der Waals surface area contributed by atoms with E-state index in [1.54, 1.807) is 6.92 Å². The van der Waals surface area contributed by atoms with E-state index in [1.807, 2.05) is 13.8 Å². The predicted molar refractivity (Wildman–Crippen MR) is 83.0 cm³/mol. The Hall–Kier alpha value is -0.610. The van der Waals surface area contributed by atoms with Crippen molar-refractivity contribution in [1.82, 2.24) is 10.2 Å². The van der Waals surface area contributed by atoms with E-state index in [9.17, 15) is 9.90 Å². The second kappa shape index (κ2) is 7.99. The first kappa shape index (κ1) is 17.4. The van der Waals surface area contributed by atoms with Crippen molar-refractivity contribution in [2.24, 2.45) is 5.92 Å². The maximum absolute atomic E-state index is 11.4. The molecule has 1 aliphatic carbocycles. The largest absolute Gasteiger partial charge is 0.480 e. The molecule has 0 saturated heterocycles. The van der Waals surface area contributed by atoms with E-state index in [4.69, 9.17) is 0 Å². The molecule has 1 rings (SSSR count). The summed E-state index contributed by atoms with van der Waals surface area (Å²) in [5.74, 6) is 0.115. The van der Waals surface area contributed by atoms with Gasteiger partial charge < -0.3 is 10.0 Å². The third-order valence-corrected chi connectivity index (χ3v) is 4.34. The number of carbonyl (C=O) groups is 1. The van der Waals surface area contributed by atoms with Crippen LogP contribution in [0.25, 0.3) is 0 Å². The molecule has 0 aromatic heterocycles. The van der Waals surface area contributed by atoms with Crippen LogP contribution in [-0.4, -0.2) is 47.7 Å². The fourth-order valence-electron chi connectivity index (χ4n) is 3.31. The van der Waals surface area contributed by atoms with Crippen molar-refractivity contribution in [3.63, 3.8) is 0 Å². The van der Waals surface area contributed by atoms with E-state index in [0.717, 1.165) is 18.9 Å². The second-order valence-corrected chi connectivity index (χ2v) is 6.95. The van der Waals surface area contributed by atoms with Gasteiger partial charge in [0.1, 0.15) is 5.54 Å². The van der Waals surface area contributed by atoms with Crippen molar-refractivity contribution >= 4 is 5.97 Å². The van der Waals surface area contributed by atoms with Gasteiger partial charge in [0, 0.05) is 12.6 Å². The van der Waals surface area contributed by atoms with E-state index in [0.29, 0.717) is 6.42 Å². The standard InChI is InChI=1S/C16H32N2O2/c1-13(2)17-16(3,15(19)20)10-7-11-18(4)12-14-8-5-6-9-14/h13-14,17H,5-12H2,1-4H3,(H,19,20). The quantitative estimate of drug-likeness (QED) is 0.683. The summed E-state index contributed by atoms with van der Waals surface area (Å²) in [4.78, 5) is 13.8. The van der Waals surface area contributed by atoms with Gasteiger partial charge in [-0.25, -0.2) is 0 Å². The van der Waals surface area contributed by atoms with Crippen LogP contribution < -0.4 is 5.32 Å². The van der Waals surface area contributed by atoms with Crippen molar-refractivity contribution < 1.29 is 9.90 Å². The molecule has 118 valence electrons. The maximum atomic E-state index is 11.4. The summed E-state index contributed by atoms with van der Waals surface area (Å²) < 4.78 is 0. The zero-order valence-corrected chi connectivity index (χ0v) is 13.6. The highest BCUT2D eigenvalue weighted by Gasteiger charge is 2.32. The molecule has 1 saturated carbocycles. The van der Waals surface area contributed by atoms with E-state index in [2.05, 4.69) is 17.3 Å². The fraction of sp³-hybridized carbons (Fsp3) is 0.938. The number of carboxylic acids is 1. The number of carboxylic acid groups (broad SMARTS) is 1. The van der Waals surface area contributed by atoms with Gasteiger partial charge in [-0.15, -0.1) is 0 Å². The highest BCUT2D eigenvalue weighted by Crippen LogP contribution is 2.25. The molecular weight excluding hydrogens is 252 g/mol. The molecule has 1 atom stereocenters. The van der Waals surface area contributed by atoms with Crippen LogP contribution >= 0.6 is 0 Å². The normalized spacial score (nSPS) is 19.7. The summed E-state index contributed by atoms with van der Waals surface area (Å²) in [5, 5.41) is 12.6. The molecule has 20 heavy (non-hydrogen) atoms.